The Morgan fingerprint density at radius 3 is 2.95 bits per heavy atom. The van der Waals surface area contributed by atoms with Crippen LogP contribution in [-0.4, -0.2) is 16.5 Å². The number of hydrogen-bond acceptors (Lipinski definition) is 3. The number of halogens is 2. The maximum absolute atomic E-state index is 13.5. The first-order valence-electron chi connectivity index (χ1n) is 7.08. The van der Waals surface area contributed by atoms with E-state index in [0.717, 1.165) is 24.7 Å². The highest BCUT2D eigenvalue weighted by Gasteiger charge is 2.17. The van der Waals surface area contributed by atoms with Crippen molar-refractivity contribution in [3.63, 3.8) is 0 Å². The van der Waals surface area contributed by atoms with Gasteiger partial charge in [-0.25, -0.2) is 8.78 Å². The lowest BCUT2D eigenvalue weighted by atomic mass is 10.0. The molecule has 3 rings (SSSR count). The zero-order valence-corrected chi connectivity index (χ0v) is 11.6. The molecule has 0 bridgehead atoms. The van der Waals surface area contributed by atoms with Gasteiger partial charge in [-0.1, -0.05) is 6.42 Å². The third-order valence-electron chi connectivity index (χ3n) is 3.62. The molecule has 2 heterocycles. The van der Waals surface area contributed by atoms with Gasteiger partial charge in [-0.05, 0) is 37.6 Å². The van der Waals surface area contributed by atoms with Crippen LogP contribution >= 0.6 is 0 Å². The molecule has 1 atom stereocenters. The van der Waals surface area contributed by atoms with Crippen LogP contribution in [0.25, 0.3) is 0 Å². The number of nitrogens with one attached hydrogen (secondary N) is 1. The summed E-state index contributed by atoms with van der Waals surface area (Å²) in [6.45, 7) is 1.00. The molecule has 112 valence electrons. The van der Waals surface area contributed by atoms with E-state index in [4.69, 9.17) is 4.84 Å². The van der Waals surface area contributed by atoms with Crippen LogP contribution in [0, 0.1) is 11.6 Å². The van der Waals surface area contributed by atoms with Crippen molar-refractivity contribution in [2.24, 2.45) is 0 Å². The Bertz CT molecular complexity index is 609. The van der Waals surface area contributed by atoms with Crippen LogP contribution in [0.4, 0.5) is 8.78 Å². The van der Waals surface area contributed by atoms with Gasteiger partial charge in [-0.3, -0.25) is 0 Å². The molecule has 4 nitrogen and oxygen atoms in total. The van der Waals surface area contributed by atoms with E-state index in [-0.39, 0.29) is 12.6 Å². The van der Waals surface area contributed by atoms with Gasteiger partial charge in [0.25, 0.3) is 0 Å². The first-order chi connectivity index (χ1) is 10.2. The van der Waals surface area contributed by atoms with E-state index in [1.165, 1.54) is 29.8 Å². The molecule has 1 saturated heterocycles. The summed E-state index contributed by atoms with van der Waals surface area (Å²) in [6.07, 6.45) is 5.14. The molecule has 1 N–H and O–H groups in total. The lowest BCUT2D eigenvalue weighted by Gasteiger charge is -2.21. The summed E-state index contributed by atoms with van der Waals surface area (Å²) in [5, 5.41) is 7.74. The normalized spacial score (nSPS) is 18.7. The first kappa shape index (κ1) is 14.0. The molecule has 1 aliphatic heterocycles. The largest absolute Gasteiger partial charge is 0.392 e. The summed E-state index contributed by atoms with van der Waals surface area (Å²) in [7, 11) is 0. The number of benzene rings is 1. The Hall–Kier alpha value is -1.95. The predicted octanol–water partition coefficient (Wildman–Crippen LogP) is 2.60. The minimum atomic E-state index is -0.615. The van der Waals surface area contributed by atoms with Crippen molar-refractivity contribution in [3.05, 3.63) is 53.4 Å². The molecule has 0 radical (unpaired) electrons. The van der Waals surface area contributed by atoms with Gasteiger partial charge in [0.1, 0.15) is 18.2 Å². The van der Waals surface area contributed by atoms with Crippen LogP contribution in [-0.2, 0) is 6.61 Å². The number of rotatable bonds is 4. The third-order valence-corrected chi connectivity index (χ3v) is 3.62. The van der Waals surface area contributed by atoms with Gasteiger partial charge in [-0.2, -0.15) is 0 Å². The molecule has 0 aliphatic carbocycles. The van der Waals surface area contributed by atoms with Crippen LogP contribution in [0.1, 0.15) is 36.6 Å². The van der Waals surface area contributed by atoms with E-state index in [2.05, 4.69) is 10.4 Å². The number of nitrogens with zero attached hydrogens (tertiary/aromatic N) is 2. The Balaban J connectivity index is 1.61. The molecule has 1 aromatic heterocycles. The quantitative estimate of drug-likeness (QED) is 0.942. The highest BCUT2D eigenvalue weighted by molar-refractivity contribution is 5.17. The van der Waals surface area contributed by atoms with Crippen LogP contribution in [0.3, 0.4) is 0 Å². The minimum absolute atomic E-state index is 0.00529. The molecule has 0 saturated carbocycles. The van der Waals surface area contributed by atoms with Crippen molar-refractivity contribution in [2.45, 2.75) is 31.9 Å². The maximum Gasteiger partial charge on any atom is 0.145 e. The molecule has 1 unspecified atom stereocenters. The SMILES string of the molecule is Fc1ccc(COn2ccc(C3CCCCN3)n2)c(F)c1. The van der Waals surface area contributed by atoms with Gasteiger partial charge in [0.2, 0.25) is 0 Å². The fraction of sp³-hybridized carbons (Fsp3) is 0.400. The zero-order chi connectivity index (χ0) is 14.7. The van der Waals surface area contributed by atoms with Crippen molar-refractivity contribution in [1.82, 2.24) is 15.3 Å². The van der Waals surface area contributed by atoms with Gasteiger partial charge in [0, 0.05) is 11.6 Å². The van der Waals surface area contributed by atoms with Crippen molar-refractivity contribution >= 4 is 0 Å². The van der Waals surface area contributed by atoms with Crippen molar-refractivity contribution in [3.8, 4) is 0 Å². The Morgan fingerprint density at radius 2 is 2.19 bits per heavy atom. The summed E-state index contributed by atoms with van der Waals surface area (Å²) >= 11 is 0. The summed E-state index contributed by atoms with van der Waals surface area (Å²) in [5.41, 5.74) is 1.22. The predicted molar refractivity (Wildman–Crippen MR) is 73.5 cm³/mol. The lowest BCUT2D eigenvalue weighted by Crippen LogP contribution is -2.27. The summed E-state index contributed by atoms with van der Waals surface area (Å²) in [6, 6.07) is 5.58. The smallest absolute Gasteiger partial charge is 0.145 e. The summed E-state index contributed by atoms with van der Waals surface area (Å²) in [4.78, 5) is 6.73. The number of aromatic nitrogens is 2. The topological polar surface area (TPSA) is 39.1 Å². The standard InChI is InChI=1S/C15H17F2N3O/c16-12-5-4-11(13(17)9-12)10-21-20-8-6-15(19-20)14-3-1-2-7-18-14/h4-6,8-9,14,18H,1-3,7,10H2. The second-order valence-corrected chi connectivity index (χ2v) is 5.15. The summed E-state index contributed by atoms with van der Waals surface area (Å²) in [5.74, 6) is -1.21. The minimum Gasteiger partial charge on any atom is -0.392 e. The lowest BCUT2D eigenvalue weighted by molar-refractivity contribution is 0.0668. The fourth-order valence-electron chi connectivity index (χ4n) is 2.46. The van der Waals surface area contributed by atoms with Crippen LogP contribution in [0.15, 0.2) is 30.5 Å². The van der Waals surface area contributed by atoms with Gasteiger partial charge in [0.05, 0.1) is 17.9 Å². The molecule has 2 aromatic rings. The average molecular weight is 293 g/mol. The maximum atomic E-state index is 13.5. The molecule has 1 aliphatic rings. The number of piperidine rings is 1. The van der Waals surface area contributed by atoms with Crippen LogP contribution in [0.2, 0.25) is 0 Å². The first-order valence-corrected chi connectivity index (χ1v) is 7.08. The third kappa shape index (κ3) is 3.39. The van der Waals surface area contributed by atoms with Crippen LogP contribution < -0.4 is 10.2 Å². The van der Waals surface area contributed by atoms with Crippen molar-refractivity contribution in [2.75, 3.05) is 6.54 Å². The highest BCUT2D eigenvalue weighted by atomic mass is 19.1. The fourth-order valence-corrected chi connectivity index (χ4v) is 2.46. The van der Waals surface area contributed by atoms with Crippen molar-refractivity contribution < 1.29 is 13.6 Å². The molecular formula is C15H17F2N3O. The Labute approximate surface area is 121 Å². The summed E-state index contributed by atoms with van der Waals surface area (Å²) < 4.78 is 26.3. The van der Waals surface area contributed by atoms with Crippen molar-refractivity contribution in [1.29, 1.82) is 0 Å². The molecular weight excluding hydrogens is 276 g/mol. The molecule has 6 heteroatoms. The average Bonchev–Trinajstić information content (AvgIpc) is 2.96. The molecule has 1 aromatic carbocycles. The van der Waals surface area contributed by atoms with E-state index >= 15 is 0 Å². The second-order valence-electron chi connectivity index (χ2n) is 5.15. The second kappa shape index (κ2) is 6.22. The van der Waals surface area contributed by atoms with Gasteiger partial charge in [0.15, 0.2) is 0 Å². The van der Waals surface area contributed by atoms with E-state index in [1.807, 2.05) is 6.07 Å². The molecule has 0 amide bonds. The van der Waals surface area contributed by atoms with E-state index in [1.54, 1.807) is 6.20 Å². The monoisotopic (exact) mass is 293 g/mol. The van der Waals surface area contributed by atoms with Gasteiger partial charge < -0.3 is 10.2 Å². The van der Waals surface area contributed by atoms with E-state index in [9.17, 15) is 8.78 Å². The Morgan fingerprint density at radius 1 is 1.29 bits per heavy atom. The highest BCUT2D eigenvalue weighted by Crippen LogP contribution is 2.20. The molecule has 1 fully saturated rings. The zero-order valence-electron chi connectivity index (χ0n) is 11.6. The van der Waals surface area contributed by atoms with E-state index < -0.39 is 11.6 Å². The van der Waals surface area contributed by atoms with Gasteiger partial charge in [-0.15, -0.1) is 9.94 Å². The van der Waals surface area contributed by atoms with E-state index in [0.29, 0.717) is 5.56 Å². The van der Waals surface area contributed by atoms with Gasteiger partial charge >= 0.3 is 0 Å². The molecule has 21 heavy (non-hydrogen) atoms. The Kier molecular flexibility index (Phi) is 4.15. The number of hydrogen-bond donors (Lipinski definition) is 1. The van der Waals surface area contributed by atoms with Crippen LogP contribution in [0.5, 0.6) is 0 Å². The molecule has 0 spiro atoms.